The molecule has 0 heterocycles. The minimum Gasteiger partial charge on any atom is -0.0616 e. The van der Waals surface area contributed by atoms with Crippen LogP contribution in [0.4, 0.5) is 0 Å². The van der Waals surface area contributed by atoms with Crippen molar-refractivity contribution in [2.75, 3.05) is 0 Å². The van der Waals surface area contributed by atoms with Crippen molar-refractivity contribution in [2.24, 2.45) is 0 Å². The van der Waals surface area contributed by atoms with E-state index in [0.29, 0.717) is 0 Å². The summed E-state index contributed by atoms with van der Waals surface area (Å²) in [5, 5.41) is 5.21. The third-order valence-electron chi connectivity index (χ3n) is 5.93. The van der Waals surface area contributed by atoms with Gasteiger partial charge in [-0.05, 0) is 83.6 Å². The van der Waals surface area contributed by atoms with Crippen LogP contribution in [0.1, 0.15) is 22.3 Å². The number of hydrogen-bond acceptors (Lipinski definition) is 0. The van der Waals surface area contributed by atoms with E-state index in [1.54, 1.807) is 0 Å². The van der Waals surface area contributed by atoms with Crippen LogP contribution in [0.3, 0.4) is 0 Å². The lowest BCUT2D eigenvalue weighted by Crippen LogP contribution is -1.89. The summed E-state index contributed by atoms with van der Waals surface area (Å²) in [6, 6.07) is 31.7. The Morgan fingerprint density at radius 2 is 0.967 bits per heavy atom. The van der Waals surface area contributed by atoms with Gasteiger partial charge < -0.3 is 0 Å². The van der Waals surface area contributed by atoms with E-state index in [4.69, 9.17) is 0 Å². The van der Waals surface area contributed by atoms with Crippen LogP contribution in [0, 0.1) is 27.7 Å². The molecule has 146 valence electrons. The van der Waals surface area contributed by atoms with Gasteiger partial charge >= 0.3 is 0 Å². The second-order valence-corrected chi connectivity index (χ2v) is 8.66. The van der Waals surface area contributed by atoms with Crippen LogP contribution in [0.25, 0.3) is 43.8 Å². The van der Waals surface area contributed by atoms with E-state index in [1.807, 2.05) is 0 Å². The SMILES string of the molecule is Cc1cc(C)cc(-c2ccc3cc4ccccc4c(-c4cc(C)cc(C)c4)c3c2)c1. The minimum atomic E-state index is 1.27. The Morgan fingerprint density at radius 1 is 0.400 bits per heavy atom. The molecule has 0 spiro atoms. The summed E-state index contributed by atoms with van der Waals surface area (Å²) in [4.78, 5) is 0. The Hall–Kier alpha value is -3.38. The number of fused-ring (bicyclic) bond motifs is 2. The van der Waals surface area contributed by atoms with Gasteiger partial charge in [0.1, 0.15) is 0 Å². The Bertz CT molecular complexity index is 1380. The van der Waals surface area contributed by atoms with Gasteiger partial charge in [-0.3, -0.25) is 0 Å². The number of hydrogen-bond donors (Lipinski definition) is 0. The molecule has 0 bridgehead atoms. The first-order chi connectivity index (χ1) is 14.5. The quantitative estimate of drug-likeness (QED) is 0.267. The molecule has 0 aliphatic rings. The summed E-state index contributed by atoms with van der Waals surface area (Å²) in [5.41, 5.74) is 10.4. The lowest BCUT2D eigenvalue weighted by Gasteiger charge is -2.15. The average molecular weight is 387 g/mol. The monoisotopic (exact) mass is 386 g/mol. The van der Waals surface area contributed by atoms with E-state index in [-0.39, 0.29) is 0 Å². The van der Waals surface area contributed by atoms with Gasteiger partial charge in [0.05, 0.1) is 0 Å². The first kappa shape index (κ1) is 18.6. The maximum Gasteiger partial charge on any atom is -0.00264 e. The third kappa shape index (κ3) is 3.29. The molecule has 0 radical (unpaired) electrons. The standard InChI is InChI=1S/C30H26/c1-19-11-20(2)14-26(13-19)23-9-10-25-17-24-7-5-6-8-28(24)30(29(25)18-23)27-15-21(3)12-22(4)16-27/h5-18H,1-4H3. The molecule has 0 heteroatoms. The molecule has 30 heavy (non-hydrogen) atoms. The fourth-order valence-electron chi connectivity index (χ4n) is 4.81. The maximum atomic E-state index is 2.38. The molecule has 0 aliphatic carbocycles. The summed E-state index contributed by atoms with van der Waals surface area (Å²) in [7, 11) is 0. The smallest absolute Gasteiger partial charge is 0.00264 e. The molecule has 0 aromatic heterocycles. The molecule has 0 atom stereocenters. The Balaban J connectivity index is 1.88. The molecule has 5 aromatic carbocycles. The first-order valence-electron chi connectivity index (χ1n) is 10.6. The molecule has 0 nitrogen and oxygen atoms in total. The van der Waals surface area contributed by atoms with Gasteiger partial charge in [-0.1, -0.05) is 95.1 Å². The van der Waals surface area contributed by atoms with Crippen molar-refractivity contribution in [1.29, 1.82) is 0 Å². The topological polar surface area (TPSA) is 0 Å². The van der Waals surface area contributed by atoms with Crippen molar-refractivity contribution in [3.05, 3.63) is 107 Å². The predicted molar refractivity (Wildman–Crippen MR) is 131 cm³/mol. The number of aryl methyl sites for hydroxylation is 4. The molecule has 0 unspecified atom stereocenters. The summed E-state index contributed by atoms with van der Waals surface area (Å²) in [6.07, 6.45) is 0. The van der Waals surface area contributed by atoms with E-state index < -0.39 is 0 Å². The normalized spacial score (nSPS) is 11.3. The van der Waals surface area contributed by atoms with Crippen molar-refractivity contribution in [3.63, 3.8) is 0 Å². The van der Waals surface area contributed by atoms with Gasteiger partial charge in [-0.15, -0.1) is 0 Å². The van der Waals surface area contributed by atoms with Gasteiger partial charge in [0, 0.05) is 0 Å². The van der Waals surface area contributed by atoms with Crippen LogP contribution in [-0.2, 0) is 0 Å². The van der Waals surface area contributed by atoms with Crippen LogP contribution >= 0.6 is 0 Å². The lowest BCUT2D eigenvalue weighted by molar-refractivity contribution is 1.38. The highest BCUT2D eigenvalue weighted by Gasteiger charge is 2.12. The molecule has 5 rings (SSSR count). The van der Waals surface area contributed by atoms with Gasteiger partial charge in [0.2, 0.25) is 0 Å². The van der Waals surface area contributed by atoms with Crippen molar-refractivity contribution in [1.82, 2.24) is 0 Å². The van der Waals surface area contributed by atoms with Crippen molar-refractivity contribution >= 4 is 21.5 Å². The maximum absolute atomic E-state index is 2.38. The van der Waals surface area contributed by atoms with E-state index in [0.717, 1.165) is 0 Å². The zero-order valence-electron chi connectivity index (χ0n) is 18.1. The summed E-state index contributed by atoms with van der Waals surface area (Å²) >= 11 is 0. The largest absolute Gasteiger partial charge is 0.0616 e. The molecule has 0 fully saturated rings. The fourth-order valence-corrected chi connectivity index (χ4v) is 4.81. The first-order valence-corrected chi connectivity index (χ1v) is 10.6. The second-order valence-electron chi connectivity index (χ2n) is 8.66. The van der Waals surface area contributed by atoms with Crippen LogP contribution in [-0.4, -0.2) is 0 Å². The highest BCUT2D eigenvalue weighted by molar-refractivity contribution is 6.13. The van der Waals surface area contributed by atoms with E-state index in [2.05, 4.69) is 113 Å². The summed E-state index contributed by atoms with van der Waals surface area (Å²) in [6.45, 7) is 8.72. The van der Waals surface area contributed by atoms with E-state index >= 15 is 0 Å². The number of benzene rings is 5. The molecule has 0 saturated carbocycles. The molecule has 0 amide bonds. The number of rotatable bonds is 2. The average Bonchev–Trinajstić information content (AvgIpc) is 2.70. The molecule has 0 saturated heterocycles. The van der Waals surface area contributed by atoms with Crippen LogP contribution < -0.4 is 0 Å². The summed E-state index contributed by atoms with van der Waals surface area (Å²) < 4.78 is 0. The van der Waals surface area contributed by atoms with Crippen LogP contribution in [0.2, 0.25) is 0 Å². The van der Waals surface area contributed by atoms with E-state index in [1.165, 1.54) is 66.1 Å². The van der Waals surface area contributed by atoms with Gasteiger partial charge in [0.15, 0.2) is 0 Å². The Labute approximate surface area is 178 Å². The highest BCUT2D eigenvalue weighted by atomic mass is 14.2. The summed E-state index contributed by atoms with van der Waals surface area (Å²) in [5.74, 6) is 0. The van der Waals surface area contributed by atoms with Gasteiger partial charge in [0.25, 0.3) is 0 Å². The molecule has 0 aliphatic heterocycles. The van der Waals surface area contributed by atoms with Crippen molar-refractivity contribution in [2.45, 2.75) is 27.7 Å². The van der Waals surface area contributed by atoms with Crippen LogP contribution in [0.5, 0.6) is 0 Å². The van der Waals surface area contributed by atoms with Gasteiger partial charge in [-0.2, -0.15) is 0 Å². The fraction of sp³-hybridized carbons (Fsp3) is 0.133. The minimum absolute atomic E-state index is 1.27. The van der Waals surface area contributed by atoms with Crippen molar-refractivity contribution in [3.8, 4) is 22.3 Å². The lowest BCUT2D eigenvalue weighted by atomic mass is 9.89. The third-order valence-corrected chi connectivity index (χ3v) is 5.93. The zero-order valence-corrected chi connectivity index (χ0v) is 18.1. The molecular formula is C30H26. The van der Waals surface area contributed by atoms with Gasteiger partial charge in [-0.25, -0.2) is 0 Å². The molecular weight excluding hydrogens is 360 g/mol. The zero-order chi connectivity index (χ0) is 20.8. The van der Waals surface area contributed by atoms with E-state index in [9.17, 15) is 0 Å². The van der Waals surface area contributed by atoms with Crippen LogP contribution in [0.15, 0.2) is 84.9 Å². The predicted octanol–water partition coefficient (Wildman–Crippen LogP) is 8.56. The molecule has 5 aromatic rings. The van der Waals surface area contributed by atoms with Crippen molar-refractivity contribution < 1.29 is 0 Å². The Kier molecular flexibility index (Phi) is 4.44. The molecule has 0 N–H and O–H groups in total. The second kappa shape index (κ2) is 7.15. The Morgan fingerprint density at radius 3 is 1.63 bits per heavy atom. The highest BCUT2D eigenvalue weighted by Crippen LogP contribution is 2.39.